The van der Waals surface area contributed by atoms with E-state index in [1.807, 2.05) is 73.7 Å². The average Bonchev–Trinajstić information content (AvgIpc) is 3.67. The Morgan fingerprint density at radius 3 is 2.08 bits per heavy atom. The minimum absolute atomic E-state index is 0.230. The van der Waals surface area contributed by atoms with Gasteiger partial charge in [-0.25, -0.2) is 0 Å². The number of hydrogen-bond donors (Lipinski definition) is 1. The Bertz CT molecular complexity index is 2580. The summed E-state index contributed by atoms with van der Waals surface area (Å²) in [6.07, 6.45) is 4.93. The Morgan fingerprint density at radius 1 is 0.613 bits per heavy atom. The summed E-state index contributed by atoms with van der Waals surface area (Å²) in [5.41, 5.74) is 3.42. The van der Waals surface area contributed by atoms with E-state index in [1.165, 1.54) is 11.8 Å². The van der Waals surface area contributed by atoms with Crippen LogP contribution in [0.15, 0.2) is 107 Å². The van der Waals surface area contributed by atoms with Crippen molar-refractivity contribution in [2.24, 2.45) is 0 Å². The summed E-state index contributed by atoms with van der Waals surface area (Å²) in [6.45, 7) is 13.5. The van der Waals surface area contributed by atoms with Crippen LogP contribution in [0.4, 0.5) is 11.4 Å². The van der Waals surface area contributed by atoms with Gasteiger partial charge in [-0.2, -0.15) is 0 Å². The summed E-state index contributed by atoms with van der Waals surface area (Å²) in [5, 5.41) is 2.79. The summed E-state index contributed by atoms with van der Waals surface area (Å²) in [6, 6.07) is 30.4. The van der Waals surface area contributed by atoms with Gasteiger partial charge < -0.3 is 38.8 Å². The van der Waals surface area contributed by atoms with Crippen molar-refractivity contribution in [1.29, 1.82) is 0 Å². The minimum atomic E-state index is -0.303. The molecule has 0 saturated carbocycles. The zero-order valence-electron chi connectivity index (χ0n) is 35.5. The topological polar surface area (TPSA) is 95.5 Å². The first-order valence-electron chi connectivity index (χ1n) is 22.0. The van der Waals surface area contributed by atoms with Gasteiger partial charge in [-0.15, -0.1) is 0 Å². The van der Waals surface area contributed by atoms with E-state index in [-0.39, 0.29) is 11.1 Å². The van der Waals surface area contributed by atoms with Crippen LogP contribution in [0.25, 0.3) is 27.5 Å². The normalized spacial score (nSPS) is 15.5. The second-order valence-corrected chi connectivity index (χ2v) is 16.8. The van der Waals surface area contributed by atoms with Crippen molar-refractivity contribution in [3.63, 3.8) is 0 Å². The Morgan fingerprint density at radius 2 is 1.29 bits per heavy atom. The standard InChI is InChI=1S/C49H56Cl2N6O5/c1-2-60-46-14-4-3-12-42(46)55-25-8-22-53(27-29-55)21-5-6-31-61-38-17-15-36-16-20-48(59)57(44(36)34-38)45-35-47(58)52-41-33-37(18-19-39(41)45)62-32-10-24-54-23-9-26-56(30-28-54)43-13-7-11-40(50)49(43)51/h3-4,7,11-20,33-35H,2,5-6,8-10,21-32H2,1H3,(H,52,58). The molecular weight excluding hydrogens is 823 g/mol. The first kappa shape index (κ1) is 43.4. The molecule has 0 aliphatic carbocycles. The lowest BCUT2D eigenvalue weighted by molar-refractivity contribution is 0.244. The highest BCUT2D eigenvalue weighted by Gasteiger charge is 2.20. The maximum atomic E-state index is 13.6. The number of halogens is 2. The Labute approximate surface area is 373 Å². The zero-order chi connectivity index (χ0) is 42.8. The number of fused-ring (bicyclic) bond motifs is 2. The number of nitrogens with one attached hydrogen (secondary N) is 1. The smallest absolute Gasteiger partial charge is 0.255 e. The third-order valence-electron chi connectivity index (χ3n) is 11.9. The predicted molar refractivity (Wildman–Crippen MR) is 253 cm³/mol. The number of unbranched alkanes of at least 4 members (excludes halogenated alkanes) is 1. The van der Waals surface area contributed by atoms with Gasteiger partial charge in [0.05, 0.1) is 58.0 Å². The molecule has 2 aliphatic heterocycles. The average molecular weight is 880 g/mol. The van der Waals surface area contributed by atoms with Gasteiger partial charge in [0, 0.05) is 75.5 Å². The van der Waals surface area contributed by atoms with E-state index in [4.69, 9.17) is 37.4 Å². The quantitative estimate of drug-likeness (QED) is 0.0958. The molecule has 2 saturated heterocycles. The molecule has 326 valence electrons. The van der Waals surface area contributed by atoms with E-state index in [1.54, 1.807) is 10.6 Å². The monoisotopic (exact) mass is 878 g/mol. The molecule has 4 aromatic carbocycles. The van der Waals surface area contributed by atoms with E-state index in [0.717, 1.165) is 120 Å². The van der Waals surface area contributed by atoms with Crippen LogP contribution in [-0.4, -0.2) is 105 Å². The summed E-state index contributed by atoms with van der Waals surface area (Å²) in [7, 11) is 0. The van der Waals surface area contributed by atoms with Crippen molar-refractivity contribution in [2.75, 3.05) is 95.1 Å². The summed E-state index contributed by atoms with van der Waals surface area (Å²) in [4.78, 5) is 39.4. The first-order chi connectivity index (χ1) is 30.3. The maximum absolute atomic E-state index is 13.6. The first-order valence-corrected chi connectivity index (χ1v) is 22.8. The van der Waals surface area contributed by atoms with Gasteiger partial charge in [-0.1, -0.05) is 41.4 Å². The summed E-state index contributed by atoms with van der Waals surface area (Å²) in [5.74, 6) is 2.30. The van der Waals surface area contributed by atoms with Crippen LogP contribution in [0.1, 0.15) is 39.0 Å². The molecule has 4 heterocycles. The lowest BCUT2D eigenvalue weighted by atomic mass is 10.1. The number of aromatic nitrogens is 2. The van der Waals surface area contributed by atoms with Crippen LogP contribution in [0.2, 0.25) is 10.0 Å². The van der Waals surface area contributed by atoms with Gasteiger partial charge in [-0.3, -0.25) is 14.2 Å². The van der Waals surface area contributed by atoms with E-state index in [2.05, 4.69) is 42.8 Å². The molecule has 1 N–H and O–H groups in total. The van der Waals surface area contributed by atoms with Gasteiger partial charge in [0.25, 0.3) is 11.1 Å². The molecule has 0 atom stereocenters. The molecule has 0 bridgehead atoms. The largest absolute Gasteiger partial charge is 0.494 e. The third-order valence-corrected chi connectivity index (χ3v) is 12.7. The van der Waals surface area contributed by atoms with E-state index < -0.39 is 0 Å². The SMILES string of the molecule is CCOc1ccccc1N1CCCN(CCCCOc2ccc3ccc(=O)n(-c4cc(=O)[nH]c5cc(OCCCN6CCCN(c7cccc(Cl)c7Cl)CC6)ccc45)c3c2)CC1. The lowest BCUT2D eigenvalue weighted by Gasteiger charge is -2.25. The lowest BCUT2D eigenvalue weighted by Crippen LogP contribution is -2.32. The van der Waals surface area contributed by atoms with Crippen LogP contribution < -0.4 is 35.1 Å². The van der Waals surface area contributed by atoms with Crippen molar-refractivity contribution in [1.82, 2.24) is 19.4 Å². The number of para-hydroxylation sites is 2. The predicted octanol–water partition coefficient (Wildman–Crippen LogP) is 8.89. The summed E-state index contributed by atoms with van der Waals surface area (Å²) >= 11 is 12.8. The molecule has 62 heavy (non-hydrogen) atoms. The van der Waals surface area contributed by atoms with Gasteiger partial charge in [0.15, 0.2) is 0 Å². The maximum Gasteiger partial charge on any atom is 0.255 e. The Kier molecular flexibility index (Phi) is 14.6. The van der Waals surface area contributed by atoms with Crippen LogP contribution >= 0.6 is 23.2 Å². The van der Waals surface area contributed by atoms with Crippen molar-refractivity contribution in [3.05, 3.63) is 128 Å². The molecule has 0 unspecified atom stereocenters. The Balaban J connectivity index is 0.857. The van der Waals surface area contributed by atoms with Crippen molar-refractivity contribution in [2.45, 2.75) is 39.0 Å². The van der Waals surface area contributed by atoms with E-state index in [9.17, 15) is 9.59 Å². The zero-order valence-corrected chi connectivity index (χ0v) is 37.0. The third kappa shape index (κ3) is 10.5. The van der Waals surface area contributed by atoms with Crippen LogP contribution in [0.5, 0.6) is 17.2 Å². The number of H-pyrrole nitrogens is 1. The fraction of sp³-hybridized carbons (Fsp3) is 0.388. The van der Waals surface area contributed by atoms with Crippen LogP contribution in [-0.2, 0) is 0 Å². The van der Waals surface area contributed by atoms with Crippen molar-refractivity contribution in [3.8, 4) is 22.9 Å². The molecule has 6 aromatic rings. The van der Waals surface area contributed by atoms with Gasteiger partial charge >= 0.3 is 0 Å². The van der Waals surface area contributed by atoms with Gasteiger partial charge in [0.2, 0.25) is 0 Å². The second kappa shape index (κ2) is 20.8. The van der Waals surface area contributed by atoms with Crippen LogP contribution in [0, 0.1) is 0 Å². The number of ether oxygens (including phenoxy) is 3. The van der Waals surface area contributed by atoms with Crippen molar-refractivity contribution < 1.29 is 14.2 Å². The molecule has 13 heteroatoms. The molecule has 8 rings (SSSR count). The number of rotatable bonds is 16. The summed E-state index contributed by atoms with van der Waals surface area (Å²) < 4.78 is 20.0. The van der Waals surface area contributed by atoms with E-state index in [0.29, 0.717) is 58.1 Å². The molecule has 2 fully saturated rings. The molecule has 11 nitrogen and oxygen atoms in total. The molecule has 2 aliphatic rings. The molecule has 2 aromatic heterocycles. The fourth-order valence-electron chi connectivity index (χ4n) is 8.76. The fourth-order valence-corrected chi connectivity index (χ4v) is 9.17. The van der Waals surface area contributed by atoms with Crippen molar-refractivity contribution >= 4 is 56.4 Å². The van der Waals surface area contributed by atoms with Gasteiger partial charge in [-0.05, 0) is 119 Å². The number of benzene rings is 4. The Hall–Kier alpha value is -5.20. The number of aromatic amines is 1. The van der Waals surface area contributed by atoms with Crippen LogP contribution in [0.3, 0.4) is 0 Å². The highest BCUT2D eigenvalue weighted by molar-refractivity contribution is 6.43. The second-order valence-electron chi connectivity index (χ2n) is 16.0. The highest BCUT2D eigenvalue weighted by Crippen LogP contribution is 2.33. The molecule has 0 amide bonds. The number of pyridine rings is 2. The molecular formula is C49H56Cl2N6O5. The number of hydrogen-bond acceptors (Lipinski definition) is 9. The van der Waals surface area contributed by atoms with Gasteiger partial charge in [0.1, 0.15) is 17.2 Å². The van der Waals surface area contributed by atoms with E-state index >= 15 is 0 Å². The number of nitrogens with zero attached hydrogens (tertiary/aromatic N) is 5. The number of anilines is 2. The minimum Gasteiger partial charge on any atom is -0.494 e. The highest BCUT2D eigenvalue weighted by atomic mass is 35.5. The molecule has 0 radical (unpaired) electrons. The molecule has 0 spiro atoms.